The van der Waals surface area contributed by atoms with Crippen LogP contribution in [0.3, 0.4) is 0 Å². The van der Waals surface area contributed by atoms with Crippen molar-refractivity contribution in [1.82, 2.24) is 15.5 Å². The Hall–Kier alpha value is -1.79. The van der Waals surface area contributed by atoms with Gasteiger partial charge in [-0.15, -0.1) is 0 Å². The minimum atomic E-state index is -0.831. The molecule has 1 saturated heterocycles. The van der Waals surface area contributed by atoms with Crippen LogP contribution in [0.5, 0.6) is 0 Å². The number of amides is 3. The number of urea groups is 1. The number of hydrogen-bond donors (Lipinski definition) is 3. The molecule has 1 unspecified atom stereocenters. The van der Waals surface area contributed by atoms with Gasteiger partial charge in [-0.3, -0.25) is 9.59 Å². The summed E-state index contributed by atoms with van der Waals surface area (Å²) in [5, 5.41) is 14.2. The van der Waals surface area contributed by atoms with E-state index in [0.717, 1.165) is 12.8 Å². The molecule has 3 N–H and O–H groups in total. The van der Waals surface area contributed by atoms with Gasteiger partial charge in [0.25, 0.3) is 0 Å². The second-order valence-electron chi connectivity index (χ2n) is 6.17. The van der Waals surface area contributed by atoms with Crippen molar-refractivity contribution in [2.75, 3.05) is 26.7 Å². The summed E-state index contributed by atoms with van der Waals surface area (Å²) in [7, 11) is 1.56. The molecule has 0 aliphatic carbocycles. The third-order valence-corrected chi connectivity index (χ3v) is 3.79. The van der Waals surface area contributed by atoms with Crippen LogP contribution in [-0.4, -0.2) is 54.6 Å². The van der Waals surface area contributed by atoms with Gasteiger partial charge in [0.05, 0.1) is 5.41 Å². The van der Waals surface area contributed by atoms with E-state index in [-0.39, 0.29) is 30.8 Å². The van der Waals surface area contributed by atoms with Gasteiger partial charge in [0.15, 0.2) is 0 Å². The maximum atomic E-state index is 12.1. The van der Waals surface area contributed by atoms with Gasteiger partial charge in [-0.05, 0) is 32.6 Å². The molecule has 3 amide bonds. The van der Waals surface area contributed by atoms with Gasteiger partial charge in [-0.25, -0.2) is 4.79 Å². The molecule has 1 aliphatic rings. The SMILES string of the molecule is CNC(=O)C(C)(C)CNC(=O)N1CCCC(CC(=O)O)C1. The lowest BCUT2D eigenvalue weighted by Gasteiger charge is -2.33. The second-order valence-corrected chi connectivity index (χ2v) is 6.17. The molecule has 1 rings (SSSR count). The lowest BCUT2D eigenvalue weighted by molar-refractivity contribution is -0.138. The Balaban J connectivity index is 2.48. The Bertz CT molecular complexity index is 409. The van der Waals surface area contributed by atoms with Gasteiger partial charge < -0.3 is 20.6 Å². The van der Waals surface area contributed by atoms with Crippen molar-refractivity contribution in [2.24, 2.45) is 11.3 Å². The van der Waals surface area contributed by atoms with Crippen LogP contribution in [0.15, 0.2) is 0 Å². The summed E-state index contributed by atoms with van der Waals surface area (Å²) in [5.74, 6) is -0.956. The minimum Gasteiger partial charge on any atom is -0.481 e. The lowest BCUT2D eigenvalue weighted by atomic mass is 9.92. The summed E-state index contributed by atoms with van der Waals surface area (Å²) < 4.78 is 0. The molecule has 1 aliphatic heterocycles. The van der Waals surface area contributed by atoms with E-state index in [1.807, 2.05) is 0 Å². The Morgan fingerprint density at radius 2 is 2.00 bits per heavy atom. The van der Waals surface area contributed by atoms with Crippen LogP contribution in [0.1, 0.15) is 33.1 Å². The summed E-state index contributed by atoms with van der Waals surface area (Å²) in [4.78, 5) is 36.2. The van der Waals surface area contributed by atoms with Crippen LogP contribution in [0.2, 0.25) is 0 Å². The van der Waals surface area contributed by atoms with E-state index in [0.29, 0.717) is 13.1 Å². The van der Waals surface area contributed by atoms with Crippen molar-refractivity contribution in [1.29, 1.82) is 0 Å². The van der Waals surface area contributed by atoms with Gasteiger partial charge in [-0.2, -0.15) is 0 Å². The lowest BCUT2D eigenvalue weighted by Crippen LogP contribution is -2.50. The van der Waals surface area contributed by atoms with Crippen molar-refractivity contribution < 1.29 is 19.5 Å². The molecule has 0 saturated carbocycles. The van der Waals surface area contributed by atoms with E-state index in [9.17, 15) is 14.4 Å². The number of likely N-dealkylation sites (tertiary alicyclic amines) is 1. The molecule has 7 heteroatoms. The second kappa shape index (κ2) is 7.28. The van der Waals surface area contributed by atoms with Gasteiger partial charge in [-0.1, -0.05) is 0 Å². The van der Waals surface area contributed by atoms with Crippen molar-refractivity contribution in [3.63, 3.8) is 0 Å². The van der Waals surface area contributed by atoms with Crippen LogP contribution < -0.4 is 10.6 Å². The van der Waals surface area contributed by atoms with E-state index in [2.05, 4.69) is 10.6 Å². The number of aliphatic carboxylic acids is 1. The first-order valence-corrected chi connectivity index (χ1v) is 7.23. The van der Waals surface area contributed by atoms with Gasteiger partial charge in [0, 0.05) is 33.1 Å². The first-order chi connectivity index (χ1) is 9.76. The number of carboxylic acids is 1. The third kappa shape index (κ3) is 5.24. The number of carbonyl (C=O) groups is 3. The summed E-state index contributed by atoms with van der Waals surface area (Å²) >= 11 is 0. The number of rotatable bonds is 5. The number of hydrogen-bond acceptors (Lipinski definition) is 3. The van der Waals surface area contributed by atoms with Crippen LogP contribution in [0.4, 0.5) is 4.79 Å². The number of nitrogens with one attached hydrogen (secondary N) is 2. The molecule has 0 aromatic rings. The maximum Gasteiger partial charge on any atom is 0.317 e. The molecule has 0 radical (unpaired) electrons. The fraction of sp³-hybridized carbons (Fsp3) is 0.786. The first kappa shape index (κ1) is 17.3. The van der Waals surface area contributed by atoms with E-state index in [4.69, 9.17) is 5.11 Å². The van der Waals surface area contributed by atoms with Gasteiger partial charge in [0.1, 0.15) is 0 Å². The predicted octanol–water partition coefficient (Wildman–Crippen LogP) is 0.655. The first-order valence-electron chi connectivity index (χ1n) is 7.23. The predicted molar refractivity (Wildman–Crippen MR) is 77.8 cm³/mol. The number of carbonyl (C=O) groups excluding carboxylic acids is 2. The zero-order chi connectivity index (χ0) is 16.0. The van der Waals surface area contributed by atoms with Crippen LogP contribution in [0.25, 0.3) is 0 Å². The highest BCUT2D eigenvalue weighted by Crippen LogP contribution is 2.20. The normalized spacial score (nSPS) is 19.0. The quantitative estimate of drug-likeness (QED) is 0.694. The zero-order valence-corrected chi connectivity index (χ0v) is 12.9. The highest BCUT2D eigenvalue weighted by molar-refractivity contribution is 5.83. The minimum absolute atomic E-state index is 0.00829. The smallest absolute Gasteiger partial charge is 0.317 e. The molecule has 120 valence electrons. The van der Waals surface area contributed by atoms with E-state index in [1.165, 1.54) is 0 Å². The molecule has 0 spiro atoms. The Morgan fingerprint density at radius 3 is 2.57 bits per heavy atom. The molecule has 0 bridgehead atoms. The summed E-state index contributed by atoms with van der Waals surface area (Å²) in [5.41, 5.74) is -0.680. The third-order valence-electron chi connectivity index (χ3n) is 3.79. The topological polar surface area (TPSA) is 98.7 Å². The van der Waals surface area contributed by atoms with Gasteiger partial charge >= 0.3 is 12.0 Å². The van der Waals surface area contributed by atoms with Crippen molar-refractivity contribution in [3.8, 4) is 0 Å². The largest absolute Gasteiger partial charge is 0.481 e. The highest BCUT2D eigenvalue weighted by Gasteiger charge is 2.29. The maximum absolute atomic E-state index is 12.1. The Morgan fingerprint density at radius 1 is 1.33 bits per heavy atom. The van der Waals surface area contributed by atoms with Crippen molar-refractivity contribution in [2.45, 2.75) is 33.1 Å². The average Bonchev–Trinajstić information content (AvgIpc) is 2.43. The number of piperidine rings is 1. The van der Waals surface area contributed by atoms with Crippen LogP contribution in [0, 0.1) is 11.3 Å². The molecular formula is C14H25N3O4. The number of nitrogens with zero attached hydrogens (tertiary/aromatic N) is 1. The molecule has 0 aromatic carbocycles. The fourth-order valence-electron chi connectivity index (χ4n) is 2.49. The van der Waals surface area contributed by atoms with Gasteiger partial charge in [0.2, 0.25) is 5.91 Å². The Kier molecular flexibility index (Phi) is 5.99. The van der Waals surface area contributed by atoms with Crippen molar-refractivity contribution in [3.05, 3.63) is 0 Å². The Labute approximate surface area is 125 Å². The zero-order valence-electron chi connectivity index (χ0n) is 12.9. The molecule has 7 nitrogen and oxygen atoms in total. The summed E-state index contributed by atoms with van der Waals surface area (Å²) in [6, 6.07) is -0.234. The standard InChI is InChI=1S/C14H25N3O4/c1-14(2,12(20)15-3)9-16-13(21)17-6-4-5-10(8-17)7-11(18)19/h10H,4-9H2,1-3H3,(H,15,20)(H,16,21)(H,18,19). The highest BCUT2D eigenvalue weighted by atomic mass is 16.4. The van der Waals surface area contributed by atoms with E-state index < -0.39 is 11.4 Å². The molecule has 1 atom stereocenters. The molecule has 21 heavy (non-hydrogen) atoms. The monoisotopic (exact) mass is 299 g/mol. The van der Waals surface area contributed by atoms with E-state index in [1.54, 1.807) is 25.8 Å². The summed E-state index contributed by atoms with van der Waals surface area (Å²) in [6.45, 7) is 4.84. The molecule has 1 heterocycles. The molecular weight excluding hydrogens is 274 g/mol. The van der Waals surface area contributed by atoms with Crippen molar-refractivity contribution >= 4 is 17.9 Å². The van der Waals surface area contributed by atoms with E-state index >= 15 is 0 Å². The van der Waals surface area contributed by atoms with Crippen LogP contribution in [-0.2, 0) is 9.59 Å². The molecule has 0 aromatic heterocycles. The average molecular weight is 299 g/mol. The van der Waals surface area contributed by atoms with Crippen LogP contribution >= 0.6 is 0 Å². The molecule has 1 fully saturated rings. The summed E-state index contributed by atoms with van der Waals surface area (Å²) in [6.07, 6.45) is 1.73. The fourth-order valence-corrected chi connectivity index (χ4v) is 2.49. The number of carboxylic acid groups (broad SMARTS) is 1.